The van der Waals surface area contributed by atoms with Gasteiger partial charge in [0, 0.05) is 36.7 Å². The Hall–Kier alpha value is -1.81. The van der Waals surface area contributed by atoms with Gasteiger partial charge in [-0.2, -0.15) is 0 Å². The molecule has 0 spiro atoms. The molecule has 1 saturated heterocycles. The molecule has 3 rings (SSSR count). The van der Waals surface area contributed by atoms with Gasteiger partial charge in [-0.25, -0.2) is 0 Å². The first-order valence-electron chi connectivity index (χ1n) is 7.30. The number of carbonyl (C=O) groups excluding carboxylic acids is 1. The quantitative estimate of drug-likeness (QED) is 0.875. The molecule has 0 atom stereocenters. The van der Waals surface area contributed by atoms with E-state index in [-0.39, 0.29) is 5.91 Å². The van der Waals surface area contributed by atoms with Gasteiger partial charge in [-0.1, -0.05) is 12.1 Å². The van der Waals surface area contributed by atoms with Gasteiger partial charge in [0.05, 0.1) is 6.42 Å². The predicted octanol–water partition coefficient (Wildman–Crippen LogP) is 1.84. The second-order valence-electron chi connectivity index (χ2n) is 5.47. The van der Waals surface area contributed by atoms with E-state index in [1.165, 1.54) is 10.9 Å². The monoisotopic (exact) mass is 271 g/mol. The standard InChI is InChI=1S/C16H21N3O/c1-12-4-2-5-14-16(12)13(11-18-14)10-15(20)19-8-3-6-17-7-9-19/h2,4-5,11,17-18H,3,6-10H2,1H3. The Bertz CT molecular complexity index is 609. The highest BCUT2D eigenvalue weighted by atomic mass is 16.2. The highest BCUT2D eigenvalue weighted by molar-refractivity contribution is 5.91. The molecule has 0 saturated carbocycles. The summed E-state index contributed by atoms with van der Waals surface area (Å²) >= 11 is 0. The molecule has 1 aliphatic heterocycles. The van der Waals surface area contributed by atoms with Gasteiger partial charge in [-0.3, -0.25) is 4.79 Å². The summed E-state index contributed by atoms with van der Waals surface area (Å²) in [6, 6.07) is 6.20. The average molecular weight is 271 g/mol. The van der Waals surface area contributed by atoms with E-state index in [0.717, 1.165) is 43.7 Å². The normalized spacial score (nSPS) is 16.4. The number of amides is 1. The van der Waals surface area contributed by atoms with Crippen LogP contribution >= 0.6 is 0 Å². The number of rotatable bonds is 2. The number of hydrogen-bond donors (Lipinski definition) is 2. The number of aromatic amines is 1. The van der Waals surface area contributed by atoms with E-state index in [1.807, 2.05) is 17.2 Å². The van der Waals surface area contributed by atoms with Gasteiger partial charge in [0.2, 0.25) is 5.91 Å². The van der Waals surface area contributed by atoms with Crippen LogP contribution in [0.3, 0.4) is 0 Å². The second-order valence-corrected chi connectivity index (χ2v) is 5.47. The van der Waals surface area contributed by atoms with Gasteiger partial charge < -0.3 is 15.2 Å². The minimum atomic E-state index is 0.234. The fourth-order valence-corrected chi connectivity index (χ4v) is 2.96. The SMILES string of the molecule is Cc1cccc2[nH]cc(CC(=O)N3CCCNCC3)c12. The van der Waals surface area contributed by atoms with Gasteiger partial charge in [-0.05, 0) is 37.1 Å². The first kappa shape index (κ1) is 13.2. The number of nitrogens with zero attached hydrogens (tertiary/aromatic N) is 1. The Morgan fingerprint density at radius 1 is 1.30 bits per heavy atom. The third-order valence-electron chi connectivity index (χ3n) is 4.03. The maximum atomic E-state index is 12.5. The van der Waals surface area contributed by atoms with Crippen LogP contribution in [-0.4, -0.2) is 42.0 Å². The summed E-state index contributed by atoms with van der Waals surface area (Å²) in [6.07, 6.45) is 3.51. The molecule has 1 aromatic heterocycles. The molecule has 20 heavy (non-hydrogen) atoms. The number of benzene rings is 1. The molecule has 1 amide bonds. The summed E-state index contributed by atoms with van der Waals surface area (Å²) in [5, 5.41) is 4.53. The Balaban J connectivity index is 1.80. The number of H-pyrrole nitrogens is 1. The van der Waals surface area contributed by atoms with Crippen molar-refractivity contribution in [3.63, 3.8) is 0 Å². The van der Waals surface area contributed by atoms with E-state index in [1.54, 1.807) is 0 Å². The fourth-order valence-electron chi connectivity index (χ4n) is 2.96. The maximum Gasteiger partial charge on any atom is 0.227 e. The first-order chi connectivity index (χ1) is 9.75. The molecular weight excluding hydrogens is 250 g/mol. The van der Waals surface area contributed by atoms with Crippen LogP contribution in [0.15, 0.2) is 24.4 Å². The molecular formula is C16H21N3O. The topological polar surface area (TPSA) is 48.1 Å². The van der Waals surface area contributed by atoms with Gasteiger partial charge >= 0.3 is 0 Å². The zero-order chi connectivity index (χ0) is 13.9. The Morgan fingerprint density at radius 2 is 2.20 bits per heavy atom. The summed E-state index contributed by atoms with van der Waals surface area (Å²) in [6.45, 7) is 5.70. The van der Waals surface area contributed by atoms with Crippen molar-refractivity contribution in [2.75, 3.05) is 26.2 Å². The summed E-state index contributed by atoms with van der Waals surface area (Å²) in [4.78, 5) is 17.7. The largest absolute Gasteiger partial charge is 0.361 e. The van der Waals surface area contributed by atoms with Crippen LogP contribution in [0.5, 0.6) is 0 Å². The van der Waals surface area contributed by atoms with Crippen LogP contribution in [-0.2, 0) is 11.2 Å². The number of aromatic nitrogens is 1. The number of fused-ring (bicyclic) bond motifs is 1. The van der Waals surface area contributed by atoms with Gasteiger partial charge in [0.1, 0.15) is 0 Å². The highest BCUT2D eigenvalue weighted by Gasteiger charge is 2.17. The number of aryl methyl sites for hydroxylation is 1. The molecule has 1 aliphatic rings. The summed E-state index contributed by atoms with van der Waals surface area (Å²) in [5.41, 5.74) is 3.45. The Morgan fingerprint density at radius 3 is 3.10 bits per heavy atom. The second kappa shape index (κ2) is 5.67. The summed E-state index contributed by atoms with van der Waals surface area (Å²) in [5.74, 6) is 0.234. The minimum Gasteiger partial charge on any atom is -0.361 e. The highest BCUT2D eigenvalue weighted by Crippen LogP contribution is 2.22. The molecule has 0 radical (unpaired) electrons. The van der Waals surface area contributed by atoms with E-state index in [4.69, 9.17) is 0 Å². The number of carbonyl (C=O) groups is 1. The van der Waals surface area contributed by atoms with Crippen LogP contribution < -0.4 is 5.32 Å². The molecule has 4 heteroatoms. The molecule has 2 N–H and O–H groups in total. The van der Waals surface area contributed by atoms with Gasteiger partial charge in [0.15, 0.2) is 0 Å². The molecule has 2 aromatic rings. The molecule has 0 aliphatic carbocycles. The predicted molar refractivity (Wildman–Crippen MR) is 80.8 cm³/mol. The maximum absolute atomic E-state index is 12.5. The van der Waals surface area contributed by atoms with Crippen molar-refractivity contribution in [3.05, 3.63) is 35.5 Å². The van der Waals surface area contributed by atoms with Crippen LogP contribution in [0, 0.1) is 6.92 Å². The third kappa shape index (κ3) is 2.56. The molecule has 4 nitrogen and oxygen atoms in total. The average Bonchev–Trinajstić information content (AvgIpc) is 2.69. The van der Waals surface area contributed by atoms with Crippen molar-refractivity contribution in [1.29, 1.82) is 0 Å². The summed E-state index contributed by atoms with van der Waals surface area (Å²) in [7, 11) is 0. The molecule has 0 bridgehead atoms. The van der Waals surface area contributed by atoms with Crippen molar-refractivity contribution >= 4 is 16.8 Å². The van der Waals surface area contributed by atoms with Gasteiger partial charge in [-0.15, -0.1) is 0 Å². The minimum absolute atomic E-state index is 0.234. The van der Waals surface area contributed by atoms with Crippen LogP contribution in [0.25, 0.3) is 10.9 Å². The first-order valence-corrected chi connectivity index (χ1v) is 7.30. The molecule has 1 fully saturated rings. The van der Waals surface area contributed by atoms with E-state index < -0.39 is 0 Å². The van der Waals surface area contributed by atoms with Crippen molar-refractivity contribution < 1.29 is 4.79 Å². The zero-order valence-electron chi connectivity index (χ0n) is 11.9. The van der Waals surface area contributed by atoms with Crippen molar-refractivity contribution in [1.82, 2.24) is 15.2 Å². The van der Waals surface area contributed by atoms with E-state index in [0.29, 0.717) is 6.42 Å². The lowest BCUT2D eigenvalue weighted by molar-refractivity contribution is -0.130. The lowest BCUT2D eigenvalue weighted by atomic mass is 10.0. The van der Waals surface area contributed by atoms with Crippen LogP contribution in [0.1, 0.15) is 17.5 Å². The number of nitrogens with one attached hydrogen (secondary N) is 2. The summed E-state index contributed by atoms with van der Waals surface area (Å²) < 4.78 is 0. The lowest BCUT2D eigenvalue weighted by Crippen LogP contribution is -2.35. The third-order valence-corrected chi connectivity index (χ3v) is 4.03. The van der Waals surface area contributed by atoms with Gasteiger partial charge in [0.25, 0.3) is 0 Å². The fraction of sp³-hybridized carbons (Fsp3) is 0.438. The van der Waals surface area contributed by atoms with Crippen molar-refractivity contribution in [3.8, 4) is 0 Å². The lowest BCUT2D eigenvalue weighted by Gasteiger charge is -2.19. The van der Waals surface area contributed by atoms with E-state index >= 15 is 0 Å². The molecule has 106 valence electrons. The molecule has 0 unspecified atom stereocenters. The zero-order valence-corrected chi connectivity index (χ0v) is 11.9. The van der Waals surface area contributed by atoms with E-state index in [2.05, 4.69) is 29.4 Å². The van der Waals surface area contributed by atoms with Crippen LogP contribution in [0.2, 0.25) is 0 Å². The Labute approximate surface area is 119 Å². The van der Waals surface area contributed by atoms with E-state index in [9.17, 15) is 4.79 Å². The van der Waals surface area contributed by atoms with Crippen molar-refractivity contribution in [2.45, 2.75) is 19.8 Å². The Kier molecular flexibility index (Phi) is 3.74. The van der Waals surface area contributed by atoms with Crippen molar-refractivity contribution in [2.24, 2.45) is 0 Å². The number of hydrogen-bond acceptors (Lipinski definition) is 2. The smallest absolute Gasteiger partial charge is 0.227 e. The molecule has 2 heterocycles. The van der Waals surface area contributed by atoms with Crippen LogP contribution in [0.4, 0.5) is 0 Å². The molecule has 1 aromatic carbocycles.